The molecule has 124 valence electrons. The van der Waals surface area contributed by atoms with Crippen LogP contribution in [0.3, 0.4) is 0 Å². The van der Waals surface area contributed by atoms with Gasteiger partial charge in [0.25, 0.3) is 0 Å². The molecule has 1 saturated heterocycles. The Morgan fingerprint density at radius 3 is 2.61 bits per heavy atom. The minimum absolute atomic E-state index is 0.0676. The molecule has 2 aliphatic rings. The van der Waals surface area contributed by atoms with E-state index in [-0.39, 0.29) is 42.1 Å². The summed E-state index contributed by atoms with van der Waals surface area (Å²) in [7, 11) is 1.67. The van der Waals surface area contributed by atoms with Gasteiger partial charge in [-0.3, -0.25) is 9.59 Å². The van der Waals surface area contributed by atoms with Crippen LogP contribution in [0.1, 0.15) is 30.9 Å². The van der Waals surface area contributed by atoms with Gasteiger partial charge in [0.1, 0.15) is 5.82 Å². The number of benzene rings is 1. The predicted octanol–water partition coefficient (Wildman–Crippen LogP) is 1.23. The molecule has 6 heteroatoms. The molecular formula is C17H21FN2O3. The molecule has 0 aromatic heterocycles. The maximum absolute atomic E-state index is 13.1. The number of halogens is 1. The Hall–Kier alpha value is -1.95. The lowest BCUT2D eigenvalue weighted by Gasteiger charge is -2.25. The standard InChI is InChI=1S/C17H21FN2O3/c1-20-14(22)8-13(15(20)11-2-4-12(18)5-3-11)16(23)19-9-17(10-21)6-7-17/h2-5,13,15,21H,6-10H2,1H3,(H,19,23). The lowest BCUT2D eigenvalue weighted by molar-refractivity contribution is -0.128. The number of rotatable bonds is 5. The average Bonchev–Trinajstić information content (AvgIpc) is 3.27. The Balaban J connectivity index is 1.74. The number of hydrogen-bond acceptors (Lipinski definition) is 3. The highest BCUT2D eigenvalue weighted by Crippen LogP contribution is 2.44. The summed E-state index contributed by atoms with van der Waals surface area (Å²) in [5.41, 5.74) is 0.582. The molecule has 2 N–H and O–H groups in total. The zero-order valence-electron chi connectivity index (χ0n) is 13.1. The molecule has 2 unspecified atom stereocenters. The minimum atomic E-state index is -0.493. The summed E-state index contributed by atoms with van der Waals surface area (Å²) in [5, 5.41) is 12.2. The largest absolute Gasteiger partial charge is 0.396 e. The van der Waals surface area contributed by atoms with Crippen molar-refractivity contribution in [2.45, 2.75) is 25.3 Å². The van der Waals surface area contributed by atoms with Crippen LogP contribution in [0.2, 0.25) is 0 Å². The van der Waals surface area contributed by atoms with E-state index in [0.29, 0.717) is 6.54 Å². The number of nitrogens with zero attached hydrogens (tertiary/aromatic N) is 1. The van der Waals surface area contributed by atoms with E-state index in [9.17, 15) is 19.1 Å². The zero-order valence-corrected chi connectivity index (χ0v) is 13.1. The quantitative estimate of drug-likeness (QED) is 0.857. The molecule has 0 radical (unpaired) electrons. The summed E-state index contributed by atoms with van der Waals surface area (Å²) < 4.78 is 13.1. The Labute approximate surface area is 134 Å². The summed E-state index contributed by atoms with van der Waals surface area (Å²) in [6.45, 7) is 0.505. The van der Waals surface area contributed by atoms with Gasteiger partial charge in [-0.25, -0.2) is 4.39 Å². The van der Waals surface area contributed by atoms with Gasteiger partial charge in [0.15, 0.2) is 0 Å². The summed E-state index contributed by atoms with van der Waals surface area (Å²) >= 11 is 0. The molecule has 0 bridgehead atoms. The fourth-order valence-electron chi connectivity index (χ4n) is 3.19. The molecule has 1 aromatic rings. The van der Waals surface area contributed by atoms with Crippen LogP contribution in [0.5, 0.6) is 0 Å². The van der Waals surface area contributed by atoms with E-state index in [1.165, 1.54) is 12.1 Å². The van der Waals surface area contributed by atoms with Gasteiger partial charge in [0.05, 0.1) is 18.6 Å². The first-order valence-corrected chi connectivity index (χ1v) is 7.85. The van der Waals surface area contributed by atoms with E-state index < -0.39 is 5.92 Å². The van der Waals surface area contributed by atoms with Crippen molar-refractivity contribution in [3.63, 3.8) is 0 Å². The second kappa shape index (κ2) is 5.92. The first-order valence-electron chi connectivity index (χ1n) is 7.85. The Morgan fingerprint density at radius 2 is 2.04 bits per heavy atom. The van der Waals surface area contributed by atoms with Crippen molar-refractivity contribution in [1.29, 1.82) is 0 Å². The second-order valence-corrected chi connectivity index (χ2v) is 6.69. The molecule has 1 aliphatic heterocycles. The van der Waals surface area contributed by atoms with Crippen molar-refractivity contribution in [2.24, 2.45) is 11.3 Å². The SMILES string of the molecule is CN1C(=O)CC(C(=O)NCC2(CO)CC2)C1c1ccc(F)cc1. The van der Waals surface area contributed by atoms with Crippen LogP contribution in [0.25, 0.3) is 0 Å². The van der Waals surface area contributed by atoms with Gasteiger partial charge in [0, 0.05) is 25.4 Å². The van der Waals surface area contributed by atoms with Gasteiger partial charge in [0.2, 0.25) is 11.8 Å². The number of aliphatic hydroxyl groups excluding tert-OH is 1. The van der Waals surface area contributed by atoms with E-state index in [1.54, 1.807) is 24.1 Å². The first kappa shape index (κ1) is 15.9. The molecule has 5 nitrogen and oxygen atoms in total. The molecule has 2 amide bonds. The van der Waals surface area contributed by atoms with Crippen LogP contribution in [0.15, 0.2) is 24.3 Å². The predicted molar refractivity (Wildman–Crippen MR) is 81.8 cm³/mol. The van der Waals surface area contributed by atoms with Gasteiger partial charge in [-0.1, -0.05) is 12.1 Å². The van der Waals surface area contributed by atoms with Crippen molar-refractivity contribution in [2.75, 3.05) is 20.2 Å². The molecule has 1 saturated carbocycles. The average molecular weight is 320 g/mol. The maximum Gasteiger partial charge on any atom is 0.226 e. The Bertz CT molecular complexity index is 613. The van der Waals surface area contributed by atoms with Crippen molar-refractivity contribution in [1.82, 2.24) is 10.2 Å². The maximum atomic E-state index is 13.1. The smallest absolute Gasteiger partial charge is 0.226 e. The molecular weight excluding hydrogens is 299 g/mol. The van der Waals surface area contributed by atoms with Gasteiger partial charge < -0.3 is 15.3 Å². The summed E-state index contributed by atoms with van der Waals surface area (Å²) in [6.07, 6.45) is 1.97. The lowest BCUT2D eigenvalue weighted by Crippen LogP contribution is -2.38. The molecule has 3 rings (SSSR count). The number of carbonyl (C=O) groups excluding carboxylic acids is 2. The van der Waals surface area contributed by atoms with Gasteiger partial charge in [-0.15, -0.1) is 0 Å². The highest BCUT2D eigenvalue weighted by atomic mass is 19.1. The molecule has 1 aromatic carbocycles. The van der Waals surface area contributed by atoms with E-state index >= 15 is 0 Å². The molecule has 2 fully saturated rings. The van der Waals surface area contributed by atoms with Crippen LogP contribution in [-0.2, 0) is 9.59 Å². The number of amides is 2. The Morgan fingerprint density at radius 1 is 1.39 bits per heavy atom. The highest BCUT2D eigenvalue weighted by molar-refractivity contribution is 5.90. The van der Waals surface area contributed by atoms with E-state index in [0.717, 1.165) is 18.4 Å². The van der Waals surface area contributed by atoms with Gasteiger partial charge in [-0.05, 0) is 30.5 Å². The Kier molecular flexibility index (Phi) is 4.10. The van der Waals surface area contributed by atoms with Crippen LogP contribution >= 0.6 is 0 Å². The van der Waals surface area contributed by atoms with Crippen LogP contribution in [0, 0.1) is 17.2 Å². The third-order valence-corrected chi connectivity index (χ3v) is 5.06. The number of likely N-dealkylation sites (tertiary alicyclic amines) is 1. The van der Waals surface area contributed by atoms with Crippen LogP contribution in [0.4, 0.5) is 4.39 Å². The van der Waals surface area contributed by atoms with Crippen LogP contribution in [-0.4, -0.2) is 42.0 Å². The number of nitrogens with one attached hydrogen (secondary N) is 1. The minimum Gasteiger partial charge on any atom is -0.396 e. The lowest BCUT2D eigenvalue weighted by atomic mass is 9.92. The highest BCUT2D eigenvalue weighted by Gasteiger charge is 2.45. The molecule has 1 heterocycles. The topological polar surface area (TPSA) is 69.6 Å². The van der Waals surface area contributed by atoms with Crippen molar-refractivity contribution in [3.8, 4) is 0 Å². The number of aliphatic hydroxyl groups is 1. The van der Waals surface area contributed by atoms with E-state index in [2.05, 4.69) is 5.32 Å². The fraction of sp³-hybridized carbons (Fsp3) is 0.529. The summed E-state index contributed by atoms with van der Waals surface area (Å²) in [5.74, 6) is -1.12. The van der Waals surface area contributed by atoms with Gasteiger partial charge in [-0.2, -0.15) is 0 Å². The normalized spacial score (nSPS) is 25.5. The summed E-state index contributed by atoms with van der Waals surface area (Å²) in [6, 6.07) is 5.53. The number of hydrogen-bond donors (Lipinski definition) is 2. The van der Waals surface area contributed by atoms with Crippen molar-refractivity contribution < 1.29 is 19.1 Å². The third kappa shape index (κ3) is 3.08. The van der Waals surface area contributed by atoms with Crippen LogP contribution < -0.4 is 5.32 Å². The van der Waals surface area contributed by atoms with Crippen molar-refractivity contribution in [3.05, 3.63) is 35.6 Å². The van der Waals surface area contributed by atoms with E-state index in [4.69, 9.17) is 0 Å². The van der Waals surface area contributed by atoms with E-state index in [1.807, 2.05) is 0 Å². The first-order chi connectivity index (χ1) is 11.0. The number of carbonyl (C=O) groups is 2. The monoisotopic (exact) mass is 320 g/mol. The zero-order chi connectivity index (χ0) is 16.6. The molecule has 1 aliphatic carbocycles. The van der Waals surface area contributed by atoms with Gasteiger partial charge >= 0.3 is 0 Å². The molecule has 23 heavy (non-hydrogen) atoms. The van der Waals surface area contributed by atoms with Crippen molar-refractivity contribution >= 4 is 11.8 Å². The summed E-state index contributed by atoms with van der Waals surface area (Å²) in [4.78, 5) is 26.1. The molecule has 2 atom stereocenters. The molecule has 0 spiro atoms. The fourth-order valence-corrected chi connectivity index (χ4v) is 3.19. The third-order valence-electron chi connectivity index (χ3n) is 5.06. The second-order valence-electron chi connectivity index (χ2n) is 6.69.